The summed E-state index contributed by atoms with van der Waals surface area (Å²) in [6.45, 7) is 5.19. The summed E-state index contributed by atoms with van der Waals surface area (Å²) >= 11 is 0. The van der Waals surface area contributed by atoms with Crippen molar-refractivity contribution >= 4 is 27.6 Å². The van der Waals surface area contributed by atoms with E-state index >= 15 is 0 Å². The molecule has 0 spiro atoms. The molecular formula is C19H22N2O6S. The molecule has 0 aliphatic heterocycles. The van der Waals surface area contributed by atoms with Crippen molar-refractivity contribution in [2.45, 2.75) is 37.9 Å². The van der Waals surface area contributed by atoms with E-state index < -0.39 is 28.0 Å². The molecule has 2 rings (SSSR count). The van der Waals surface area contributed by atoms with Gasteiger partial charge in [-0.15, -0.1) is 0 Å². The number of hydrogen-bond acceptors (Lipinski definition) is 6. The van der Waals surface area contributed by atoms with Gasteiger partial charge in [0.05, 0.1) is 16.6 Å². The Kier molecular flexibility index (Phi) is 6.76. The SMILES string of the molecule is CC(C)Oc1ccc(C(=O)O[C@@H](C)C(=O)Nc2cccc(S(N)(=O)=O)c2)cc1. The maximum atomic E-state index is 12.2. The number of esters is 1. The minimum absolute atomic E-state index is 0.00859. The molecule has 8 nitrogen and oxygen atoms in total. The first kappa shape index (κ1) is 21.4. The van der Waals surface area contributed by atoms with E-state index in [0.717, 1.165) is 0 Å². The zero-order valence-electron chi connectivity index (χ0n) is 15.7. The number of hydrogen-bond donors (Lipinski definition) is 2. The predicted molar refractivity (Wildman–Crippen MR) is 104 cm³/mol. The van der Waals surface area contributed by atoms with Crippen LogP contribution in [0.5, 0.6) is 5.75 Å². The van der Waals surface area contributed by atoms with Crippen molar-refractivity contribution in [1.82, 2.24) is 0 Å². The third kappa shape index (κ3) is 6.07. The molecule has 9 heteroatoms. The molecule has 0 aliphatic rings. The quantitative estimate of drug-likeness (QED) is 0.680. The first-order valence-electron chi connectivity index (χ1n) is 8.47. The number of carbonyl (C=O) groups excluding carboxylic acids is 2. The average Bonchev–Trinajstić information content (AvgIpc) is 2.61. The van der Waals surface area contributed by atoms with Crippen LogP contribution >= 0.6 is 0 Å². The Balaban J connectivity index is 1.99. The van der Waals surface area contributed by atoms with Crippen LogP contribution in [0.4, 0.5) is 5.69 Å². The molecule has 0 fully saturated rings. The fourth-order valence-corrected chi connectivity index (χ4v) is 2.78. The van der Waals surface area contributed by atoms with Gasteiger partial charge in [-0.25, -0.2) is 18.4 Å². The van der Waals surface area contributed by atoms with E-state index in [0.29, 0.717) is 5.75 Å². The number of ether oxygens (including phenoxy) is 2. The monoisotopic (exact) mass is 406 g/mol. The highest BCUT2D eigenvalue weighted by Crippen LogP contribution is 2.17. The topological polar surface area (TPSA) is 125 Å². The highest BCUT2D eigenvalue weighted by atomic mass is 32.2. The highest BCUT2D eigenvalue weighted by molar-refractivity contribution is 7.89. The lowest BCUT2D eigenvalue weighted by atomic mass is 10.2. The van der Waals surface area contributed by atoms with E-state index in [9.17, 15) is 18.0 Å². The molecule has 150 valence electrons. The minimum Gasteiger partial charge on any atom is -0.491 e. The smallest absolute Gasteiger partial charge is 0.338 e. The van der Waals surface area contributed by atoms with Crippen LogP contribution in [-0.4, -0.2) is 32.5 Å². The molecule has 0 saturated carbocycles. The largest absolute Gasteiger partial charge is 0.491 e. The van der Waals surface area contributed by atoms with Gasteiger partial charge in [0.2, 0.25) is 10.0 Å². The highest BCUT2D eigenvalue weighted by Gasteiger charge is 2.20. The predicted octanol–water partition coefficient (Wildman–Crippen LogP) is 2.31. The third-order valence-corrected chi connectivity index (χ3v) is 4.46. The van der Waals surface area contributed by atoms with Gasteiger partial charge in [-0.05, 0) is 63.2 Å². The second kappa shape index (κ2) is 8.85. The number of nitrogens with two attached hydrogens (primary N) is 1. The lowest BCUT2D eigenvalue weighted by molar-refractivity contribution is -0.123. The van der Waals surface area contributed by atoms with Gasteiger partial charge in [0.25, 0.3) is 5.91 Å². The number of benzene rings is 2. The standard InChI is InChI=1S/C19H22N2O6S/c1-12(2)26-16-9-7-14(8-10-16)19(23)27-13(3)18(22)21-15-5-4-6-17(11-15)28(20,24)25/h4-13H,1-3H3,(H,21,22)(H2,20,24,25)/t13-/m0/s1. The third-order valence-electron chi connectivity index (χ3n) is 3.54. The molecule has 0 radical (unpaired) electrons. The second-order valence-electron chi connectivity index (χ2n) is 6.30. The zero-order chi connectivity index (χ0) is 20.9. The van der Waals surface area contributed by atoms with Gasteiger partial charge in [-0.3, -0.25) is 4.79 Å². The van der Waals surface area contributed by atoms with Gasteiger partial charge >= 0.3 is 5.97 Å². The van der Waals surface area contributed by atoms with E-state index in [1.54, 1.807) is 24.3 Å². The molecule has 28 heavy (non-hydrogen) atoms. The van der Waals surface area contributed by atoms with Crippen LogP contribution in [0.1, 0.15) is 31.1 Å². The minimum atomic E-state index is -3.89. The lowest BCUT2D eigenvalue weighted by Gasteiger charge is -2.14. The van der Waals surface area contributed by atoms with E-state index in [1.807, 2.05) is 13.8 Å². The van der Waals surface area contributed by atoms with Crippen LogP contribution < -0.4 is 15.2 Å². The molecular weight excluding hydrogens is 384 g/mol. The molecule has 0 bridgehead atoms. The molecule has 0 aliphatic carbocycles. The normalized spacial score (nSPS) is 12.3. The Hall–Kier alpha value is -2.91. The molecule has 0 heterocycles. The van der Waals surface area contributed by atoms with Gasteiger partial charge in [0, 0.05) is 5.69 Å². The Morgan fingerprint density at radius 3 is 2.25 bits per heavy atom. The molecule has 2 aromatic carbocycles. The number of rotatable bonds is 7. The zero-order valence-corrected chi connectivity index (χ0v) is 16.5. The number of sulfonamides is 1. The van der Waals surface area contributed by atoms with Crippen molar-refractivity contribution in [3.8, 4) is 5.75 Å². The maximum absolute atomic E-state index is 12.2. The van der Waals surface area contributed by atoms with Crippen molar-refractivity contribution in [3.05, 3.63) is 54.1 Å². The Bertz CT molecular complexity index is 955. The first-order chi connectivity index (χ1) is 13.1. The summed E-state index contributed by atoms with van der Waals surface area (Å²) < 4.78 is 33.4. The van der Waals surface area contributed by atoms with E-state index in [-0.39, 0.29) is 22.3 Å². The molecule has 3 N–H and O–H groups in total. The van der Waals surface area contributed by atoms with Crippen LogP contribution in [0.2, 0.25) is 0 Å². The van der Waals surface area contributed by atoms with E-state index in [1.165, 1.54) is 31.2 Å². The van der Waals surface area contributed by atoms with E-state index in [4.69, 9.17) is 14.6 Å². The Morgan fingerprint density at radius 2 is 1.68 bits per heavy atom. The summed E-state index contributed by atoms with van der Waals surface area (Å²) in [6, 6.07) is 11.8. The lowest BCUT2D eigenvalue weighted by Crippen LogP contribution is -2.30. The molecule has 0 unspecified atom stereocenters. The van der Waals surface area contributed by atoms with Crippen LogP contribution in [-0.2, 0) is 19.6 Å². The van der Waals surface area contributed by atoms with Crippen molar-refractivity contribution in [1.29, 1.82) is 0 Å². The summed E-state index contributed by atoms with van der Waals surface area (Å²) in [4.78, 5) is 24.3. The molecule has 1 amide bonds. The van der Waals surface area contributed by atoms with Gasteiger partial charge < -0.3 is 14.8 Å². The molecule has 2 aromatic rings. The summed E-state index contributed by atoms with van der Waals surface area (Å²) in [6.07, 6.45) is -1.09. The van der Waals surface area contributed by atoms with Gasteiger partial charge in [0.15, 0.2) is 6.10 Å². The number of amides is 1. The first-order valence-corrected chi connectivity index (χ1v) is 10.0. The fraction of sp³-hybridized carbons (Fsp3) is 0.263. The number of primary sulfonamides is 1. The van der Waals surface area contributed by atoms with Crippen LogP contribution in [0.25, 0.3) is 0 Å². The van der Waals surface area contributed by atoms with Gasteiger partial charge in [-0.1, -0.05) is 6.07 Å². The Morgan fingerprint density at radius 1 is 1.04 bits per heavy atom. The van der Waals surface area contributed by atoms with Crippen molar-refractivity contribution in [2.24, 2.45) is 5.14 Å². The van der Waals surface area contributed by atoms with Crippen LogP contribution in [0, 0.1) is 0 Å². The summed E-state index contributed by atoms with van der Waals surface area (Å²) in [5.41, 5.74) is 0.488. The van der Waals surface area contributed by atoms with E-state index in [2.05, 4.69) is 5.32 Å². The fourth-order valence-electron chi connectivity index (χ4n) is 2.22. The van der Waals surface area contributed by atoms with Gasteiger partial charge in [0.1, 0.15) is 5.75 Å². The summed E-state index contributed by atoms with van der Waals surface area (Å²) in [5, 5.41) is 7.55. The summed E-state index contributed by atoms with van der Waals surface area (Å²) in [7, 11) is -3.89. The average molecular weight is 406 g/mol. The summed E-state index contributed by atoms with van der Waals surface area (Å²) in [5.74, 6) is -0.663. The number of carbonyl (C=O) groups is 2. The maximum Gasteiger partial charge on any atom is 0.338 e. The second-order valence-corrected chi connectivity index (χ2v) is 7.86. The number of anilines is 1. The van der Waals surface area contributed by atoms with Crippen molar-refractivity contribution in [2.75, 3.05) is 5.32 Å². The number of nitrogens with one attached hydrogen (secondary N) is 1. The molecule has 0 saturated heterocycles. The Labute approximate surface area is 163 Å². The van der Waals surface area contributed by atoms with Crippen LogP contribution in [0.15, 0.2) is 53.4 Å². The van der Waals surface area contributed by atoms with Crippen molar-refractivity contribution < 1.29 is 27.5 Å². The molecule has 0 aromatic heterocycles. The van der Waals surface area contributed by atoms with Gasteiger partial charge in [-0.2, -0.15) is 0 Å². The van der Waals surface area contributed by atoms with Crippen LogP contribution in [0.3, 0.4) is 0 Å². The van der Waals surface area contributed by atoms with Crippen molar-refractivity contribution in [3.63, 3.8) is 0 Å². The molecule has 1 atom stereocenters.